The average Bonchev–Trinajstić information content (AvgIpc) is 1.63. The average molecular weight is 2070 g/mol. The van der Waals surface area contributed by atoms with Crippen LogP contribution >= 0.6 is 0 Å². The zero-order valence-electron chi connectivity index (χ0n) is 102. The van der Waals surface area contributed by atoms with E-state index in [0.29, 0.717) is 44.9 Å². The Morgan fingerprint density at radius 2 is 0.367 bits per heavy atom. The third-order valence-electron chi connectivity index (χ3n) is 43.8. The fourth-order valence-electron chi connectivity index (χ4n) is 29.2. The number of esters is 9. The van der Waals surface area contributed by atoms with E-state index in [0.717, 1.165) is 69.6 Å². The normalized spacial score (nSPS) is 32.3. The molecule has 9 heterocycles. The van der Waals surface area contributed by atoms with Crippen LogP contribution in [0.25, 0.3) is 0 Å². The number of nitrogens with zero attached hydrogens (tertiary/aromatic N) is 9. The van der Waals surface area contributed by atoms with Crippen LogP contribution in [0.3, 0.4) is 0 Å². The number of hydrogen-bond donors (Lipinski definition) is 0. The maximum Gasteiger partial charge on any atom is 0.310 e. The summed E-state index contributed by atoms with van der Waals surface area (Å²) in [5.74, 6) is -0.783. The quantitative estimate of drug-likeness (QED) is 0.0421. The van der Waals surface area contributed by atoms with Gasteiger partial charge in [-0.2, -0.15) is 0 Å². The third-order valence-corrected chi connectivity index (χ3v) is 43.8. The summed E-state index contributed by atoms with van der Waals surface area (Å²) in [6.45, 7) is 81.5. The van der Waals surface area contributed by atoms with Gasteiger partial charge in [-0.1, -0.05) is 0 Å². The number of carbonyl (C=O) groups excluding carboxylic acids is 9. The second-order valence-electron chi connectivity index (χ2n) is 59.3. The fraction of sp³-hybridized carbons (Fsp3) is 0.925. The Morgan fingerprint density at radius 1 is 0.211 bits per heavy atom. The highest BCUT2D eigenvalue weighted by Gasteiger charge is 2.61. The summed E-state index contributed by atoms with van der Waals surface area (Å²) in [5, 5.41) is 0. The van der Waals surface area contributed by atoms with E-state index in [2.05, 4.69) is 357 Å². The lowest BCUT2D eigenvalue weighted by molar-refractivity contribution is -0.162. The standard InChI is InChI=1S/C49H88N4O8.C37H67N3O6.C34H60N2O4/c1-41(2)21-33(45(9,10)50(41)17)29-58-37(54)25-49(26-38(55)59-30-34-22-42(3,4)51(18)46(34,11)12,27-39(56)60-31-35-23-43(5,6)52(19)47(35,13)14)28-40(57)61-32-36-24-44(7,8)53(20)48(36,15)16;1-32(2)19-26(35(7,8)38(32)13)22-44-29(41)16-25(17-30(42)45-23-27-20-33(3,4)39(14)36(27,9)10)18-31(43)46-24-28-21-34(5,6)40(15)37(28,11)12;1-31(2)19-27(33(5,6)35(31)9)29(37)39-21-23-11-15-25(16-12-23)26-17-13-24(14-18-26)22-40-30(38)28-20-32(3,4)36(10)34(28,7)8/h33-36H,21-32H2,1-20H3;25-28H,16-24H2,1-15H3;23-28H,11-22H2,1-10H3. The molecule has 147 heavy (non-hydrogen) atoms. The summed E-state index contributed by atoms with van der Waals surface area (Å²) in [6.07, 6.45) is 16.0. The van der Waals surface area contributed by atoms with Crippen molar-refractivity contribution < 1.29 is 85.8 Å². The predicted molar refractivity (Wildman–Crippen MR) is 584 cm³/mol. The smallest absolute Gasteiger partial charge is 0.310 e. The molecule has 0 bridgehead atoms. The molecule has 9 unspecified atom stereocenters. The molecular weight excluding hydrogens is 1860 g/mol. The minimum Gasteiger partial charge on any atom is -0.465 e. The molecule has 2 saturated carbocycles. The second kappa shape index (κ2) is 45.2. The lowest BCUT2D eigenvalue weighted by atomic mass is 9.69. The first-order chi connectivity index (χ1) is 66.7. The van der Waals surface area contributed by atoms with Crippen molar-refractivity contribution >= 4 is 53.7 Å². The Balaban J connectivity index is 0.000000251. The van der Waals surface area contributed by atoms with Gasteiger partial charge in [0.25, 0.3) is 0 Å². The molecule has 11 rings (SSSR count). The summed E-state index contributed by atoms with van der Waals surface area (Å²) >= 11 is 0. The van der Waals surface area contributed by atoms with Crippen molar-refractivity contribution in [2.24, 2.45) is 88.3 Å². The minimum absolute atomic E-state index is 0.00389. The molecule has 11 aliphatic rings. The van der Waals surface area contributed by atoms with Gasteiger partial charge in [0.1, 0.15) is 0 Å². The van der Waals surface area contributed by atoms with Gasteiger partial charge >= 0.3 is 53.7 Å². The highest BCUT2D eigenvalue weighted by atomic mass is 16.6. The Labute approximate surface area is 892 Å². The van der Waals surface area contributed by atoms with Crippen molar-refractivity contribution in [2.45, 2.75) is 503 Å². The molecule has 9 saturated heterocycles. The van der Waals surface area contributed by atoms with E-state index in [1.807, 2.05) is 0 Å². The summed E-state index contributed by atoms with van der Waals surface area (Å²) in [7, 11) is 19.0. The molecule has 27 heteroatoms. The van der Waals surface area contributed by atoms with Crippen LogP contribution in [0.2, 0.25) is 0 Å². The molecule has 0 N–H and O–H groups in total. The number of ether oxygens (including phenoxy) is 9. The molecule has 9 aliphatic heterocycles. The number of likely N-dealkylation sites (tertiary alicyclic amines) is 9. The Bertz CT molecular complexity index is 4080. The number of hydrogen-bond acceptors (Lipinski definition) is 27. The molecule has 0 radical (unpaired) electrons. The highest BCUT2D eigenvalue weighted by Crippen LogP contribution is 2.55. The molecule has 0 aromatic rings. The van der Waals surface area contributed by atoms with Gasteiger partial charge in [0.2, 0.25) is 0 Å². The first-order valence-electron chi connectivity index (χ1n) is 56.7. The summed E-state index contributed by atoms with van der Waals surface area (Å²) in [6, 6.07) is 0. The van der Waals surface area contributed by atoms with Gasteiger partial charge in [-0.15, -0.1) is 0 Å². The molecule has 27 nitrogen and oxygen atoms in total. The van der Waals surface area contributed by atoms with Gasteiger partial charge in [-0.25, -0.2) is 0 Å². The molecule has 2 aliphatic carbocycles. The first-order valence-corrected chi connectivity index (χ1v) is 56.7. The Morgan fingerprint density at radius 3 is 0.517 bits per heavy atom. The number of rotatable bonds is 35. The van der Waals surface area contributed by atoms with E-state index in [1.165, 1.54) is 51.4 Å². The van der Waals surface area contributed by atoms with Crippen LogP contribution in [0.4, 0.5) is 0 Å². The van der Waals surface area contributed by atoms with Gasteiger partial charge in [0.15, 0.2) is 0 Å². The SMILES string of the molecule is CN1C(C)(C)CC(C(=O)OCC2CCC(C3CCC(COC(=O)C4CC(C)(C)N(C)C4(C)C)CC3)CC2)C1(C)C.CN1C(C)(C)CC(COC(=O)CC(CC(=O)OCC2CC(C)(C)N(C)C2(C)C)(CC(=O)OCC2CC(C)(C)N(C)C2(C)C)CC(=O)OCC2CC(C)(C)N(C)C2(C)C)C1(C)C.CN1C(C)(C)CC(COC(=O)CC(CC(=O)OCC2CC(C)(C)N(C)C2(C)C)CC(=O)OCC2CC(C)(C)N(C)C2(C)C)C1(C)C. The monoisotopic (exact) mass is 2070 g/mol. The molecular formula is C120H215N9O18. The molecule has 0 aromatic carbocycles. The van der Waals surface area contributed by atoms with Crippen LogP contribution in [-0.2, 0) is 85.8 Å². The van der Waals surface area contributed by atoms with Crippen LogP contribution < -0.4 is 0 Å². The summed E-state index contributed by atoms with van der Waals surface area (Å²) < 4.78 is 53.6. The highest BCUT2D eigenvalue weighted by molar-refractivity contribution is 5.82. The van der Waals surface area contributed by atoms with Crippen molar-refractivity contribution in [1.82, 2.24) is 44.1 Å². The van der Waals surface area contributed by atoms with Crippen molar-refractivity contribution in [2.75, 3.05) is 123 Å². The maximum absolute atomic E-state index is 14.2. The van der Waals surface area contributed by atoms with Crippen molar-refractivity contribution in [3.05, 3.63) is 0 Å². The van der Waals surface area contributed by atoms with Gasteiger partial charge in [-0.3, -0.25) is 87.3 Å². The van der Waals surface area contributed by atoms with E-state index < -0.39 is 53.1 Å². The van der Waals surface area contributed by atoms with E-state index in [9.17, 15) is 43.2 Å². The largest absolute Gasteiger partial charge is 0.465 e. The fourth-order valence-corrected chi connectivity index (χ4v) is 29.2. The summed E-state index contributed by atoms with van der Waals surface area (Å²) in [4.78, 5) is 143. The predicted octanol–water partition coefficient (Wildman–Crippen LogP) is 20.4. The maximum atomic E-state index is 14.2. The minimum atomic E-state index is -1.51. The van der Waals surface area contributed by atoms with Crippen LogP contribution in [0, 0.1) is 88.3 Å². The second-order valence-corrected chi connectivity index (χ2v) is 59.3. The van der Waals surface area contributed by atoms with Crippen LogP contribution in [0.15, 0.2) is 0 Å². The molecule has 0 spiro atoms. The van der Waals surface area contributed by atoms with Gasteiger partial charge in [-0.05, 0) is 451 Å². The molecule has 0 amide bonds. The zero-order chi connectivity index (χ0) is 112. The lowest BCUT2D eigenvalue weighted by Gasteiger charge is -2.39. The molecule has 0 aromatic heterocycles. The van der Waals surface area contributed by atoms with E-state index >= 15 is 0 Å². The molecule has 9 atom stereocenters. The van der Waals surface area contributed by atoms with E-state index in [1.54, 1.807) is 0 Å². The number of carbonyl (C=O) groups is 9. The molecule has 848 valence electrons. The Hall–Kier alpha value is -5.13. The van der Waals surface area contributed by atoms with Crippen LogP contribution in [0.1, 0.15) is 403 Å². The Kier molecular flexibility index (Phi) is 38.6. The van der Waals surface area contributed by atoms with Gasteiger partial charge in [0.05, 0.1) is 97.0 Å². The van der Waals surface area contributed by atoms with E-state index in [-0.39, 0.29) is 236 Å². The van der Waals surface area contributed by atoms with Crippen molar-refractivity contribution in [3.8, 4) is 0 Å². The lowest BCUT2D eigenvalue weighted by Crippen LogP contribution is -2.48. The van der Waals surface area contributed by atoms with Crippen molar-refractivity contribution in [3.63, 3.8) is 0 Å². The van der Waals surface area contributed by atoms with Crippen molar-refractivity contribution in [1.29, 1.82) is 0 Å². The topological polar surface area (TPSA) is 266 Å². The molecule has 11 fully saturated rings. The van der Waals surface area contributed by atoms with Crippen LogP contribution in [0.5, 0.6) is 0 Å². The third kappa shape index (κ3) is 28.1. The van der Waals surface area contributed by atoms with Crippen LogP contribution in [-0.4, -0.2) is 320 Å². The summed E-state index contributed by atoms with van der Waals surface area (Å²) in [5.41, 5.74) is -3.44. The van der Waals surface area contributed by atoms with Gasteiger partial charge < -0.3 is 42.6 Å². The van der Waals surface area contributed by atoms with Gasteiger partial charge in [0, 0.05) is 166 Å². The first kappa shape index (κ1) is 125. The zero-order valence-corrected chi connectivity index (χ0v) is 102. The van der Waals surface area contributed by atoms with E-state index in [4.69, 9.17) is 42.6 Å².